The van der Waals surface area contributed by atoms with Crippen molar-refractivity contribution in [3.05, 3.63) is 28.4 Å². The van der Waals surface area contributed by atoms with Gasteiger partial charge in [0.15, 0.2) is 11.5 Å². The van der Waals surface area contributed by atoms with E-state index in [0.29, 0.717) is 22.8 Å². The van der Waals surface area contributed by atoms with Gasteiger partial charge in [-0.15, -0.1) is 0 Å². The molecule has 1 aliphatic heterocycles. The predicted octanol–water partition coefficient (Wildman–Crippen LogP) is 2.50. The zero-order valence-corrected chi connectivity index (χ0v) is 14.2. The summed E-state index contributed by atoms with van der Waals surface area (Å²) in [5.41, 5.74) is 0.992. The number of aromatic nitrogens is 1. The summed E-state index contributed by atoms with van der Waals surface area (Å²) in [6.07, 6.45) is 0.0553. The van der Waals surface area contributed by atoms with Crippen LogP contribution in [0, 0.1) is 0 Å². The molecule has 0 bridgehead atoms. The molecule has 23 heavy (non-hydrogen) atoms. The number of benzene rings is 1. The number of likely N-dealkylation sites (tertiary alicyclic amines) is 1. The Labute approximate surface area is 140 Å². The van der Waals surface area contributed by atoms with E-state index < -0.39 is 5.97 Å². The van der Waals surface area contributed by atoms with Gasteiger partial charge in [0.2, 0.25) is 5.76 Å². The average molecular weight is 383 g/mol. The number of carboxylic acids is 1. The van der Waals surface area contributed by atoms with E-state index in [1.165, 1.54) is 6.07 Å². The number of methoxy groups -OCH3 is 1. The molecule has 0 saturated carbocycles. The lowest BCUT2D eigenvalue weighted by Gasteiger charge is -2.36. The quantitative estimate of drug-likeness (QED) is 0.849. The Morgan fingerprint density at radius 1 is 1.43 bits per heavy atom. The summed E-state index contributed by atoms with van der Waals surface area (Å²) >= 11 is 3.41. The van der Waals surface area contributed by atoms with Crippen LogP contribution in [0.3, 0.4) is 0 Å². The van der Waals surface area contributed by atoms with E-state index in [1.807, 2.05) is 7.05 Å². The van der Waals surface area contributed by atoms with E-state index in [2.05, 4.69) is 26.0 Å². The maximum absolute atomic E-state index is 11.0. The Balaban J connectivity index is 2.02. The highest BCUT2D eigenvalue weighted by Gasteiger charge is 2.28. The van der Waals surface area contributed by atoms with Gasteiger partial charge in [-0.2, -0.15) is 0 Å². The highest BCUT2D eigenvalue weighted by Crippen LogP contribution is 2.41. The number of hydrogen-bond donors (Lipinski definition) is 1. The first-order chi connectivity index (χ1) is 11.0. The Morgan fingerprint density at radius 3 is 2.74 bits per heavy atom. The molecule has 8 heteroatoms. The lowest BCUT2D eigenvalue weighted by atomic mass is 10.1. The molecule has 1 aliphatic rings. The van der Waals surface area contributed by atoms with Gasteiger partial charge in [-0.05, 0) is 19.2 Å². The van der Waals surface area contributed by atoms with Gasteiger partial charge in [-0.25, -0.2) is 4.79 Å². The molecule has 1 aromatic carbocycles. The second-order valence-corrected chi connectivity index (χ2v) is 6.24. The molecule has 0 amide bonds. The molecular weight excluding hydrogens is 368 g/mol. The molecule has 1 saturated heterocycles. The SMILES string of the molecule is COc1cc(Br)cc(-c2cc(C(=O)O)on2)c1OC1CN(C)C1. The second kappa shape index (κ2) is 6.21. The second-order valence-electron chi connectivity index (χ2n) is 5.33. The molecule has 1 fully saturated rings. The van der Waals surface area contributed by atoms with Crippen LogP contribution in [-0.4, -0.2) is 54.5 Å². The van der Waals surface area contributed by atoms with Crippen molar-refractivity contribution < 1.29 is 23.9 Å². The van der Waals surface area contributed by atoms with Crippen LogP contribution < -0.4 is 9.47 Å². The molecule has 7 nitrogen and oxygen atoms in total. The van der Waals surface area contributed by atoms with Gasteiger partial charge >= 0.3 is 5.97 Å². The van der Waals surface area contributed by atoms with E-state index in [1.54, 1.807) is 19.2 Å². The zero-order chi connectivity index (χ0) is 16.6. The fraction of sp³-hybridized carbons (Fsp3) is 0.333. The van der Waals surface area contributed by atoms with Crippen molar-refractivity contribution in [3.63, 3.8) is 0 Å². The van der Waals surface area contributed by atoms with Crippen molar-refractivity contribution in [2.75, 3.05) is 27.2 Å². The lowest BCUT2D eigenvalue weighted by molar-refractivity contribution is 0.0373. The van der Waals surface area contributed by atoms with E-state index in [4.69, 9.17) is 19.1 Å². The van der Waals surface area contributed by atoms with Gasteiger partial charge in [0.25, 0.3) is 0 Å². The molecule has 3 rings (SSSR count). The predicted molar refractivity (Wildman–Crippen MR) is 85.1 cm³/mol. The average Bonchev–Trinajstić information content (AvgIpc) is 2.96. The Kier molecular flexibility index (Phi) is 4.27. The Morgan fingerprint density at radius 2 is 2.17 bits per heavy atom. The summed E-state index contributed by atoms with van der Waals surface area (Å²) in [7, 11) is 3.56. The van der Waals surface area contributed by atoms with Crippen LogP contribution in [0.4, 0.5) is 0 Å². The summed E-state index contributed by atoms with van der Waals surface area (Å²) < 4.78 is 17.0. The number of ether oxygens (including phenoxy) is 2. The van der Waals surface area contributed by atoms with Gasteiger partial charge in [0.1, 0.15) is 11.8 Å². The Hall–Kier alpha value is -2.06. The first kappa shape index (κ1) is 15.8. The van der Waals surface area contributed by atoms with Gasteiger partial charge in [-0.1, -0.05) is 21.1 Å². The van der Waals surface area contributed by atoms with Gasteiger partial charge in [0, 0.05) is 23.6 Å². The van der Waals surface area contributed by atoms with E-state index in [0.717, 1.165) is 17.6 Å². The van der Waals surface area contributed by atoms with Crippen LogP contribution in [0.1, 0.15) is 10.6 Å². The van der Waals surface area contributed by atoms with Gasteiger partial charge in [0.05, 0.1) is 12.7 Å². The largest absolute Gasteiger partial charge is 0.493 e. The number of likely N-dealkylation sites (N-methyl/N-ethyl adjacent to an activating group) is 1. The maximum atomic E-state index is 11.0. The molecule has 0 radical (unpaired) electrons. The maximum Gasteiger partial charge on any atom is 0.374 e. The topological polar surface area (TPSA) is 85.0 Å². The first-order valence-corrected chi connectivity index (χ1v) is 7.70. The minimum atomic E-state index is -1.17. The molecule has 2 heterocycles. The van der Waals surface area contributed by atoms with Gasteiger partial charge in [-0.3, -0.25) is 4.90 Å². The minimum absolute atomic E-state index is 0.0553. The molecule has 2 aromatic rings. The van der Waals surface area contributed by atoms with Crippen molar-refractivity contribution >= 4 is 21.9 Å². The van der Waals surface area contributed by atoms with Crippen molar-refractivity contribution in [3.8, 4) is 22.8 Å². The summed E-state index contributed by atoms with van der Waals surface area (Å²) in [6, 6.07) is 4.95. The summed E-state index contributed by atoms with van der Waals surface area (Å²) in [4.78, 5) is 13.1. The fourth-order valence-electron chi connectivity index (χ4n) is 2.42. The highest BCUT2D eigenvalue weighted by molar-refractivity contribution is 9.10. The zero-order valence-electron chi connectivity index (χ0n) is 12.6. The molecular formula is C15H15BrN2O5. The minimum Gasteiger partial charge on any atom is -0.493 e. The Bertz CT molecular complexity index is 739. The fourth-order valence-corrected chi connectivity index (χ4v) is 2.85. The third-order valence-corrected chi connectivity index (χ3v) is 4.01. The van der Waals surface area contributed by atoms with Crippen molar-refractivity contribution in [2.24, 2.45) is 0 Å². The van der Waals surface area contributed by atoms with Crippen molar-refractivity contribution in [1.29, 1.82) is 0 Å². The summed E-state index contributed by atoms with van der Waals surface area (Å²) in [6.45, 7) is 1.63. The molecule has 0 spiro atoms. The molecule has 1 aromatic heterocycles. The standard InChI is InChI=1S/C15H15BrN2O5/c1-18-6-9(7-18)22-14-10(3-8(16)4-12(14)21-2)11-5-13(15(19)20)23-17-11/h3-5,9H,6-7H2,1-2H3,(H,19,20). The monoisotopic (exact) mass is 382 g/mol. The van der Waals surface area contributed by atoms with Gasteiger partial charge < -0.3 is 19.1 Å². The molecule has 0 unspecified atom stereocenters. The van der Waals surface area contributed by atoms with Crippen molar-refractivity contribution in [1.82, 2.24) is 10.1 Å². The van der Waals surface area contributed by atoms with E-state index in [-0.39, 0.29) is 11.9 Å². The third kappa shape index (κ3) is 3.18. The number of aromatic carboxylic acids is 1. The number of hydrogen-bond acceptors (Lipinski definition) is 6. The third-order valence-electron chi connectivity index (χ3n) is 3.55. The molecule has 122 valence electrons. The number of carbonyl (C=O) groups is 1. The van der Waals surface area contributed by atoms with E-state index >= 15 is 0 Å². The van der Waals surface area contributed by atoms with Crippen LogP contribution in [0.2, 0.25) is 0 Å². The molecule has 1 N–H and O–H groups in total. The molecule has 0 atom stereocenters. The number of nitrogens with zero attached hydrogens (tertiary/aromatic N) is 2. The normalized spacial score (nSPS) is 15.3. The first-order valence-electron chi connectivity index (χ1n) is 6.91. The lowest BCUT2D eigenvalue weighted by Crippen LogP contribution is -2.51. The summed E-state index contributed by atoms with van der Waals surface area (Å²) in [5.74, 6) is -0.329. The smallest absolute Gasteiger partial charge is 0.374 e. The van der Waals surface area contributed by atoms with Crippen LogP contribution >= 0.6 is 15.9 Å². The van der Waals surface area contributed by atoms with Crippen LogP contribution in [-0.2, 0) is 0 Å². The number of rotatable bonds is 5. The van der Waals surface area contributed by atoms with Crippen LogP contribution in [0.15, 0.2) is 27.2 Å². The van der Waals surface area contributed by atoms with Crippen LogP contribution in [0.5, 0.6) is 11.5 Å². The van der Waals surface area contributed by atoms with E-state index in [9.17, 15) is 4.79 Å². The number of carboxylic acid groups (broad SMARTS) is 1. The highest BCUT2D eigenvalue weighted by atomic mass is 79.9. The summed E-state index contributed by atoms with van der Waals surface area (Å²) in [5, 5.41) is 12.8. The van der Waals surface area contributed by atoms with Crippen LogP contribution in [0.25, 0.3) is 11.3 Å². The number of halogens is 1. The molecule has 0 aliphatic carbocycles. The van der Waals surface area contributed by atoms with Crippen molar-refractivity contribution in [2.45, 2.75) is 6.10 Å².